The number of rotatable bonds is 6. The minimum absolute atomic E-state index is 0.0861. The van der Waals surface area contributed by atoms with Crippen LogP contribution in [0.15, 0.2) is 46.9 Å². The molecule has 1 aromatic heterocycles. The van der Waals surface area contributed by atoms with Gasteiger partial charge in [-0.25, -0.2) is 4.79 Å². The van der Waals surface area contributed by atoms with Crippen LogP contribution >= 0.6 is 0 Å². The van der Waals surface area contributed by atoms with Crippen LogP contribution in [0.1, 0.15) is 40.2 Å². The fourth-order valence-corrected chi connectivity index (χ4v) is 3.15. The molecule has 2 aromatic carbocycles. The van der Waals surface area contributed by atoms with Crippen molar-refractivity contribution in [3.05, 3.63) is 64.9 Å². The molecular weight excluding hydrogens is 358 g/mol. The summed E-state index contributed by atoms with van der Waals surface area (Å²) in [6.45, 7) is 5.26. The summed E-state index contributed by atoms with van der Waals surface area (Å²) in [4.78, 5) is 24.6. The summed E-state index contributed by atoms with van der Waals surface area (Å²) in [7, 11) is 1.57. The highest BCUT2D eigenvalue weighted by Gasteiger charge is 2.21. The van der Waals surface area contributed by atoms with Gasteiger partial charge in [-0.3, -0.25) is 4.79 Å². The molecule has 0 aliphatic carbocycles. The fraction of sp³-hybridized carbons (Fsp3) is 0.273. The molecule has 0 aliphatic heterocycles. The number of esters is 1. The fourth-order valence-electron chi connectivity index (χ4n) is 3.15. The molecule has 0 bridgehead atoms. The average Bonchev–Trinajstić information content (AvgIpc) is 3.02. The van der Waals surface area contributed by atoms with E-state index in [1.165, 1.54) is 0 Å². The predicted octanol–water partition coefficient (Wildman–Crippen LogP) is 4.09. The summed E-state index contributed by atoms with van der Waals surface area (Å²) in [5.74, 6) is -0.296. The zero-order valence-corrected chi connectivity index (χ0v) is 16.4. The zero-order chi connectivity index (χ0) is 20.3. The van der Waals surface area contributed by atoms with Crippen LogP contribution in [0, 0.1) is 13.8 Å². The number of hydrogen-bond acceptors (Lipinski definition) is 5. The second kappa shape index (κ2) is 8.17. The van der Waals surface area contributed by atoms with E-state index < -0.39 is 5.97 Å². The number of aryl methyl sites for hydroxylation is 2. The van der Waals surface area contributed by atoms with Crippen LogP contribution in [0.5, 0.6) is 5.75 Å². The van der Waals surface area contributed by atoms with Crippen molar-refractivity contribution in [2.75, 3.05) is 13.7 Å². The third-order valence-electron chi connectivity index (χ3n) is 4.70. The molecule has 6 nitrogen and oxygen atoms in total. The van der Waals surface area contributed by atoms with Gasteiger partial charge >= 0.3 is 5.97 Å². The molecule has 3 aromatic rings. The molecule has 0 unspecified atom stereocenters. The lowest BCUT2D eigenvalue weighted by Crippen LogP contribution is -2.31. The maximum atomic E-state index is 12.4. The normalized spacial score (nSPS) is 11.9. The van der Waals surface area contributed by atoms with Crippen LogP contribution in [0.4, 0.5) is 0 Å². The molecule has 6 heteroatoms. The van der Waals surface area contributed by atoms with Crippen LogP contribution < -0.4 is 10.1 Å². The number of furan rings is 1. The van der Waals surface area contributed by atoms with Crippen molar-refractivity contribution in [3.8, 4) is 5.75 Å². The first kappa shape index (κ1) is 19.5. The van der Waals surface area contributed by atoms with Crippen molar-refractivity contribution < 1.29 is 23.5 Å². The second-order valence-electron chi connectivity index (χ2n) is 6.64. The lowest BCUT2D eigenvalue weighted by molar-refractivity contribution is -0.124. The number of fused-ring (bicyclic) bond motifs is 1. The average molecular weight is 381 g/mol. The summed E-state index contributed by atoms with van der Waals surface area (Å²) in [5, 5.41) is 3.60. The Balaban J connectivity index is 1.64. The minimum atomic E-state index is -0.675. The van der Waals surface area contributed by atoms with Crippen molar-refractivity contribution in [3.63, 3.8) is 0 Å². The van der Waals surface area contributed by atoms with Crippen molar-refractivity contribution in [2.24, 2.45) is 0 Å². The molecule has 1 N–H and O–H groups in total. The number of methoxy groups -OCH3 is 1. The van der Waals surface area contributed by atoms with E-state index >= 15 is 0 Å². The second-order valence-corrected chi connectivity index (χ2v) is 6.64. The van der Waals surface area contributed by atoms with Gasteiger partial charge in [0.05, 0.1) is 13.2 Å². The number of hydrogen-bond donors (Lipinski definition) is 1. The molecule has 1 heterocycles. The van der Waals surface area contributed by atoms with E-state index in [1.54, 1.807) is 32.2 Å². The Morgan fingerprint density at radius 2 is 1.89 bits per heavy atom. The summed E-state index contributed by atoms with van der Waals surface area (Å²) in [6, 6.07) is 12.9. The molecule has 0 saturated carbocycles. The highest BCUT2D eigenvalue weighted by Crippen LogP contribution is 2.29. The number of nitrogens with one attached hydrogen (secondary N) is 1. The molecule has 0 saturated heterocycles. The molecular formula is C22H23NO5. The van der Waals surface area contributed by atoms with Gasteiger partial charge in [-0.15, -0.1) is 0 Å². The van der Waals surface area contributed by atoms with Gasteiger partial charge < -0.3 is 19.2 Å². The topological polar surface area (TPSA) is 77.8 Å². The first-order chi connectivity index (χ1) is 13.4. The summed E-state index contributed by atoms with van der Waals surface area (Å²) < 4.78 is 15.9. The van der Waals surface area contributed by atoms with Gasteiger partial charge in [0.25, 0.3) is 5.91 Å². The van der Waals surface area contributed by atoms with Crippen LogP contribution in [-0.4, -0.2) is 25.6 Å². The predicted molar refractivity (Wildman–Crippen MR) is 106 cm³/mol. The highest BCUT2D eigenvalue weighted by molar-refractivity contribution is 5.97. The molecule has 1 amide bonds. The molecule has 0 aliphatic rings. The SMILES string of the molecule is COc1ccc2oc(C(=O)OCC(=O)N[C@H](C)c3ccccc3C)c(C)c2c1. The van der Waals surface area contributed by atoms with Crippen molar-refractivity contribution in [1.82, 2.24) is 5.32 Å². The van der Waals surface area contributed by atoms with Gasteiger partial charge in [-0.2, -0.15) is 0 Å². The van der Waals surface area contributed by atoms with Gasteiger partial charge in [-0.05, 0) is 50.1 Å². The molecule has 146 valence electrons. The van der Waals surface area contributed by atoms with E-state index in [2.05, 4.69) is 5.32 Å². The maximum Gasteiger partial charge on any atom is 0.375 e. The van der Waals surface area contributed by atoms with Gasteiger partial charge in [0.15, 0.2) is 6.61 Å². The Morgan fingerprint density at radius 3 is 2.61 bits per heavy atom. The molecule has 0 fully saturated rings. The van der Waals surface area contributed by atoms with E-state index in [-0.39, 0.29) is 24.3 Å². The lowest BCUT2D eigenvalue weighted by Gasteiger charge is -2.16. The van der Waals surface area contributed by atoms with Gasteiger partial charge in [-0.1, -0.05) is 24.3 Å². The largest absolute Gasteiger partial charge is 0.497 e. The highest BCUT2D eigenvalue weighted by atomic mass is 16.5. The molecule has 0 spiro atoms. The zero-order valence-electron chi connectivity index (χ0n) is 16.4. The monoisotopic (exact) mass is 381 g/mol. The number of carbonyl (C=O) groups is 2. The van der Waals surface area contributed by atoms with E-state index in [4.69, 9.17) is 13.9 Å². The third-order valence-corrected chi connectivity index (χ3v) is 4.70. The van der Waals surface area contributed by atoms with E-state index in [9.17, 15) is 9.59 Å². The Hall–Kier alpha value is -3.28. The lowest BCUT2D eigenvalue weighted by atomic mass is 10.0. The molecule has 28 heavy (non-hydrogen) atoms. The summed E-state index contributed by atoms with van der Waals surface area (Å²) in [6.07, 6.45) is 0. The Labute approximate surface area is 163 Å². The van der Waals surface area contributed by atoms with Crippen LogP contribution in [0.3, 0.4) is 0 Å². The molecule has 0 radical (unpaired) electrons. The number of ether oxygens (including phenoxy) is 2. The maximum absolute atomic E-state index is 12.4. The first-order valence-corrected chi connectivity index (χ1v) is 9.00. The van der Waals surface area contributed by atoms with E-state index in [1.807, 2.05) is 38.1 Å². The number of amides is 1. The van der Waals surface area contributed by atoms with Gasteiger partial charge in [0, 0.05) is 10.9 Å². The van der Waals surface area contributed by atoms with Gasteiger partial charge in [0.1, 0.15) is 11.3 Å². The minimum Gasteiger partial charge on any atom is -0.497 e. The quantitative estimate of drug-likeness (QED) is 0.651. The van der Waals surface area contributed by atoms with Crippen molar-refractivity contribution in [1.29, 1.82) is 0 Å². The molecule has 3 rings (SSSR count). The summed E-state index contributed by atoms with van der Waals surface area (Å²) >= 11 is 0. The summed E-state index contributed by atoms with van der Waals surface area (Å²) in [5.41, 5.74) is 3.31. The van der Waals surface area contributed by atoms with Crippen LogP contribution in [0.25, 0.3) is 11.0 Å². The Morgan fingerprint density at radius 1 is 1.14 bits per heavy atom. The van der Waals surface area contributed by atoms with E-state index in [0.717, 1.165) is 16.5 Å². The van der Waals surface area contributed by atoms with Crippen molar-refractivity contribution in [2.45, 2.75) is 26.8 Å². The van der Waals surface area contributed by atoms with Crippen LogP contribution in [0.2, 0.25) is 0 Å². The standard InChI is InChI=1S/C22H23NO5/c1-13-7-5-6-8-17(13)15(3)23-20(24)12-27-22(25)21-14(2)18-11-16(26-4)9-10-19(18)28-21/h5-11,15H,12H2,1-4H3,(H,23,24)/t15-/m1/s1. The Bertz CT molecular complexity index is 1020. The Kier molecular flexibility index (Phi) is 5.68. The smallest absolute Gasteiger partial charge is 0.375 e. The van der Waals surface area contributed by atoms with E-state index in [0.29, 0.717) is 16.9 Å². The van der Waals surface area contributed by atoms with Crippen molar-refractivity contribution >= 4 is 22.8 Å². The number of benzene rings is 2. The third kappa shape index (κ3) is 4.01. The van der Waals surface area contributed by atoms with Gasteiger partial charge in [0.2, 0.25) is 5.76 Å². The number of carbonyl (C=O) groups excluding carboxylic acids is 2. The first-order valence-electron chi connectivity index (χ1n) is 9.00. The van der Waals surface area contributed by atoms with Crippen LogP contribution in [-0.2, 0) is 9.53 Å². The molecule has 1 atom stereocenters.